The summed E-state index contributed by atoms with van der Waals surface area (Å²) in [4.78, 5) is 2.40. The van der Waals surface area contributed by atoms with Crippen molar-refractivity contribution in [3.05, 3.63) is 252 Å². The minimum absolute atomic E-state index is 0.0971. The van der Waals surface area contributed by atoms with Crippen LogP contribution in [0.4, 0.5) is 22.7 Å². The van der Waals surface area contributed by atoms with Crippen molar-refractivity contribution in [2.75, 3.05) is 10.2 Å². The van der Waals surface area contributed by atoms with E-state index >= 15 is 0 Å². The smallest absolute Gasteiger partial charge is 0.0468 e. The largest absolute Gasteiger partial charge is 0.362 e. The minimum Gasteiger partial charge on any atom is -0.362 e. The van der Waals surface area contributed by atoms with Crippen molar-refractivity contribution in [3.63, 3.8) is 0 Å². The molecule has 0 atom stereocenters. The number of allylic oxidation sites excluding steroid dienone is 4. The Hall–Kier alpha value is -7.42. The summed E-state index contributed by atoms with van der Waals surface area (Å²) in [6.07, 6.45) is 8.76. The topological polar surface area (TPSA) is 15.3 Å². The fraction of sp³-hybridized carbons (Fsp3) is 0.100. The average molecular weight is 799 g/mol. The molecule has 0 heterocycles. The lowest BCUT2D eigenvalue weighted by atomic mass is 9.81. The molecule has 0 unspecified atom stereocenters. The molecule has 2 aliphatic rings. The van der Waals surface area contributed by atoms with E-state index in [-0.39, 0.29) is 10.8 Å². The first-order chi connectivity index (χ1) is 30.3. The summed E-state index contributed by atoms with van der Waals surface area (Å²) in [7, 11) is 0. The molecule has 0 aliphatic heterocycles. The SMILES string of the molecule is CC1(C)C(=C/c2ccccc2)/C(=C\C=C\Nc2ccc(-c3ccc(N(c4ccccc4)c4ccc5c(c4)C(C)(C)c4ccccc4-5)cc3-c3ccccc3)cc2)c2ccccc21. The molecule has 1 N–H and O–H groups in total. The van der Waals surface area contributed by atoms with Crippen molar-refractivity contribution >= 4 is 34.4 Å². The van der Waals surface area contributed by atoms with Gasteiger partial charge in [0.2, 0.25) is 0 Å². The van der Waals surface area contributed by atoms with Crippen LogP contribution in [0.1, 0.15) is 55.5 Å². The number of hydrogen-bond acceptors (Lipinski definition) is 2. The molecule has 0 bridgehead atoms. The lowest BCUT2D eigenvalue weighted by molar-refractivity contribution is 0.660. The highest BCUT2D eigenvalue weighted by atomic mass is 15.1. The van der Waals surface area contributed by atoms with Crippen molar-refractivity contribution in [2.45, 2.75) is 38.5 Å². The van der Waals surface area contributed by atoms with Gasteiger partial charge in [0.25, 0.3) is 0 Å². The predicted octanol–water partition coefficient (Wildman–Crippen LogP) is 16.2. The molecule has 0 saturated carbocycles. The fourth-order valence-electron chi connectivity index (χ4n) is 9.71. The normalized spacial score (nSPS) is 15.7. The van der Waals surface area contributed by atoms with Gasteiger partial charge >= 0.3 is 0 Å². The molecular formula is C60H50N2. The first kappa shape index (κ1) is 38.8. The van der Waals surface area contributed by atoms with E-state index in [0.717, 1.165) is 28.3 Å². The highest BCUT2D eigenvalue weighted by Crippen LogP contribution is 2.52. The minimum atomic E-state index is -0.0992. The number of rotatable bonds is 9. The standard InChI is InChI=1S/C60H50N2/c1-59(2)55-28-16-14-25-50(55)52(57(59)39-42-19-8-5-9-20-42)27-18-38-61-45-32-30-44(31-33-45)49-36-34-47(40-54(49)43-21-10-6-11-22-43)62(46-23-12-7-13-24-46)48-35-37-53-51-26-15-17-29-56(51)60(3,4)58(53)41-48/h5-41,61H,1-4H3/b38-18+,52-27-,57-39+. The number of nitrogens with zero attached hydrogens (tertiary/aromatic N) is 1. The van der Waals surface area contributed by atoms with Crippen molar-refractivity contribution in [2.24, 2.45) is 0 Å². The molecule has 2 heteroatoms. The highest BCUT2D eigenvalue weighted by Gasteiger charge is 2.38. The summed E-state index contributed by atoms with van der Waals surface area (Å²) in [6, 6.07) is 72.5. The van der Waals surface area contributed by atoms with Crippen LogP contribution in [-0.2, 0) is 10.8 Å². The first-order valence-corrected chi connectivity index (χ1v) is 21.7. The molecule has 0 saturated heterocycles. The van der Waals surface area contributed by atoms with E-state index < -0.39 is 0 Å². The van der Waals surface area contributed by atoms with Crippen LogP contribution >= 0.6 is 0 Å². The van der Waals surface area contributed by atoms with Crippen LogP contribution < -0.4 is 10.2 Å². The predicted molar refractivity (Wildman–Crippen MR) is 264 cm³/mol. The Morgan fingerprint density at radius 1 is 0.419 bits per heavy atom. The average Bonchev–Trinajstić information content (AvgIpc) is 3.67. The van der Waals surface area contributed by atoms with Crippen LogP contribution in [0, 0.1) is 0 Å². The molecule has 0 amide bonds. The summed E-state index contributed by atoms with van der Waals surface area (Å²) in [5.41, 5.74) is 20.8. The van der Waals surface area contributed by atoms with Crippen molar-refractivity contribution in [1.29, 1.82) is 0 Å². The number of nitrogens with one attached hydrogen (secondary N) is 1. The van der Waals surface area contributed by atoms with Crippen molar-refractivity contribution in [3.8, 4) is 33.4 Å². The molecule has 8 aromatic rings. The van der Waals surface area contributed by atoms with E-state index in [0.29, 0.717) is 0 Å². The molecule has 0 aromatic heterocycles. The summed E-state index contributed by atoms with van der Waals surface area (Å²) in [5.74, 6) is 0. The second kappa shape index (κ2) is 15.9. The Morgan fingerprint density at radius 3 is 1.68 bits per heavy atom. The Labute approximate surface area is 366 Å². The monoisotopic (exact) mass is 798 g/mol. The number of anilines is 4. The van der Waals surface area contributed by atoms with Crippen molar-refractivity contribution < 1.29 is 0 Å². The number of hydrogen-bond donors (Lipinski definition) is 1. The fourth-order valence-corrected chi connectivity index (χ4v) is 9.71. The maximum absolute atomic E-state index is 3.54. The van der Waals surface area contributed by atoms with Gasteiger partial charge in [-0.3, -0.25) is 0 Å². The van der Waals surface area contributed by atoms with Crippen molar-refractivity contribution in [1.82, 2.24) is 0 Å². The Morgan fingerprint density at radius 2 is 0.968 bits per heavy atom. The molecular weight excluding hydrogens is 749 g/mol. The van der Waals surface area contributed by atoms with E-state index in [1.807, 2.05) is 6.20 Å². The van der Waals surface area contributed by atoms with Gasteiger partial charge in [0, 0.05) is 39.8 Å². The van der Waals surface area contributed by atoms with E-state index in [2.05, 4.69) is 256 Å². The summed E-state index contributed by atoms with van der Waals surface area (Å²) >= 11 is 0. The molecule has 62 heavy (non-hydrogen) atoms. The quantitative estimate of drug-likeness (QED) is 0.156. The Bertz CT molecular complexity index is 3000. The second-order valence-electron chi connectivity index (χ2n) is 17.5. The van der Waals surface area contributed by atoms with E-state index in [9.17, 15) is 0 Å². The lowest BCUT2D eigenvalue weighted by Gasteiger charge is -2.29. The third-order valence-corrected chi connectivity index (χ3v) is 13.0. The number of fused-ring (bicyclic) bond motifs is 4. The van der Waals surface area contributed by atoms with Crippen LogP contribution in [0.25, 0.3) is 45.0 Å². The number of para-hydroxylation sites is 1. The van der Waals surface area contributed by atoms with Gasteiger partial charge in [-0.15, -0.1) is 0 Å². The zero-order valence-corrected chi connectivity index (χ0v) is 35.8. The Balaban J connectivity index is 0.967. The maximum atomic E-state index is 3.54. The van der Waals surface area contributed by atoms with Gasteiger partial charge in [0.15, 0.2) is 0 Å². The molecule has 8 aromatic carbocycles. The van der Waals surface area contributed by atoms with Gasteiger partial charge in [-0.25, -0.2) is 0 Å². The molecule has 2 aliphatic carbocycles. The summed E-state index contributed by atoms with van der Waals surface area (Å²) in [5, 5.41) is 3.54. The number of benzene rings is 8. The zero-order valence-electron chi connectivity index (χ0n) is 35.8. The van der Waals surface area contributed by atoms with E-state index in [4.69, 9.17) is 0 Å². The zero-order chi connectivity index (χ0) is 42.3. The third kappa shape index (κ3) is 6.98. The van der Waals surface area contributed by atoms with Gasteiger partial charge in [0.1, 0.15) is 0 Å². The van der Waals surface area contributed by atoms with Gasteiger partial charge in [-0.1, -0.05) is 192 Å². The molecule has 2 nitrogen and oxygen atoms in total. The third-order valence-electron chi connectivity index (χ3n) is 13.0. The van der Waals surface area contributed by atoms with Gasteiger partial charge < -0.3 is 10.2 Å². The van der Waals surface area contributed by atoms with E-state index in [1.165, 1.54) is 66.8 Å². The second-order valence-corrected chi connectivity index (χ2v) is 17.5. The van der Waals surface area contributed by atoms with Crippen LogP contribution in [-0.4, -0.2) is 0 Å². The highest BCUT2D eigenvalue weighted by molar-refractivity contribution is 5.95. The van der Waals surface area contributed by atoms with Crippen LogP contribution in [0.3, 0.4) is 0 Å². The molecule has 0 radical (unpaired) electrons. The van der Waals surface area contributed by atoms with Gasteiger partial charge in [-0.05, 0) is 127 Å². The molecule has 0 fully saturated rings. The van der Waals surface area contributed by atoms with Crippen LogP contribution in [0.5, 0.6) is 0 Å². The molecule has 10 rings (SSSR count). The summed E-state index contributed by atoms with van der Waals surface area (Å²) in [6.45, 7) is 9.35. The van der Waals surface area contributed by atoms with E-state index in [1.54, 1.807) is 0 Å². The van der Waals surface area contributed by atoms with Crippen LogP contribution in [0.15, 0.2) is 224 Å². The molecule has 0 spiro atoms. The maximum Gasteiger partial charge on any atom is 0.0468 e. The lowest BCUT2D eigenvalue weighted by Crippen LogP contribution is -2.16. The van der Waals surface area contributed by atoms with Gasteiger partial charge in [0.05, 0.1) is 0 Å². The summed E-state index contributed by atoms with van der Waals surface area (Å²) < 4.78 is 0. The molecule has 300 valence electrons. The first-order valence-electron chi connectivity index (χ1n) is 21.7. The Kier molecular flexibility index (Phi) is 9.93. The van der Waals surface area contributed by atoms with Gasteiger partial charge in [-0.2, -0.15) is 0 Å². The van der Waals surface area contributed by atoms with Crippen LogP contribution in [0.2, 0.25) is 0 Å².